The van der Waals surface area contributed by atoms with E-state index >= 15 is 0 Å². The quantitative estimate of drug-likeness (QED) is 0.846. The first-order chi connectivity index (χ1) is 10.2. The van der Waals surface area contributed by atoms with E-state index < -0.39 is 0 Å². The number of rotatable bonds is 6. The highest BCUT2D eigenvalue weighted by Crippen LogP contribution is 2.25. The van der Waals surface area contributed by atoms with Crippen LogP contribution in [0.4, 0.5) is 5.69 Å². The standard InChI is InChI=1S/C17H27N3O/c1-4-20(5-2)12-13(3)19-17(21)15-8-6-10-16-14(15)9-7-11-18-16/h6,8,10,13,18H,4-5,7,9,11-12H2,1-3H3,(H,19,21). The molecule has 0 saturated carbocycles. The number of benzene rings is 1. The van der Waals surface area contributed by atoms with Crippen LogP contribution in [0.25, 0.3) is 0 Å². The van der Waals surface area contributed by atoms with Gasteiger partial charge in [-0.05, 0) is 50.6 Å². The lowest BCUT2D eigenvalue weighted by Gasteiger charge is -2.25. The fourth-order valence-corrected chi connectivity index (χ4v) is 2.94. The molecule has 0 fully saturated rings. The molecule has 1 aliphatic rings. The van der Waals surface area contributed by atoms with Crippen LogP contribution in [0.3, 0.4) is 0 Å². The van der Waals surface area contributed by atoms with E-state index in [0.717, 1.165) is 55.8 Å². The van der Waals surface area contributed by atoms with E-state index in [-0.39, 0.29) is 11.9 Å². The second-order valence-corrected chi connectivity index (χ2v) is 5.72. The normalized spacial score (nSPS) is 15.2. The largest absolute Gasteiger partial charge is 0.385 e. The predicted molar refractivity (Wildman–Crippen MR) is 88.0 cm³/mol. The van der Waals surface area contributed by atoms with Gasteiger partial charge in [-0.25, -0.2) is 0 Å². The average molecular weight is 289 g/mol. The van der Waals surface area contributed by atoms with Crippen molar-refractivity contribution < 1.29 is 4.79 Å². The molecule has 2 N–H and O–H groups in total. The Morgan fingerprint density at radius 3 is 2.86 bits per heavy atom. The predicted octanol–water partition coefficient (Wildman–Crippen LogP) is 2.50. The zero-order valence-corrected chi connectivity index (χ0v) is 13.4. The van der Waals surface area contributed by atoms with E-state index in [1.54, 1.807) is 0 Å². The van der Waals surface area contributed by atoms with Gasteiger partial charge in [0.2, 0.25) is 0 Å². The Morgan fingerprint density at radius 2 is 2.14 bits per heavy atom. The lowest BCUT2D eigenvalue weighted by Crippen LogP contribution is -2.42. The third kappa shape index (κ3) is 3.97. The molecule has 2 rings (SSSR count). The van der Waals surface area contributed by atoms with E-state index in [9.17, 15) is 4.79 Å². The van der Waals surface area contributed by atoms with Crippen molar-refractivity contribution in [2.24, 2.45) is 0 Å². The molecule has 1 unspecified atom stereocenters. The molecule has 1 atom stereocenters. The van der Waals surface area contributed by atoms with Crippen molar-refractivity contribution in [1.82, 2.24) is 10.2 Å². The van der Waals surface area contributed by atoms with Gasteiger partial charge >= 0.3 is 0 Å². The van der Waals surface area contributed by atoms with Gasteiger partial charge in [-0.2, -0.15) is 0 Å². The van der Waals surface area contributed by atoms with E-state index in [4.69, 9.17) is 0 Å². The minimum atomic E-state index is 0.0511. The van der Waals surface area contributed by atoms with Crippen LogP contribution in [-0.2, 0) is 6.42 Å². The molecule has 116 valence electrons. The van der Waals surface area contributed by atoms with Crippen LogP contribution in [0.1, 0.15) is 43.1 Å². The maximum atomic E-state index is 12.5. The van der Waals surface area contributed by atoms with Crippen LogP contribution in [0, 0.1) is 0 Å². The van der Waals surface area contributed by atoms with Crippen LogP contribution in [0.15, 0.2) is 18.2 Å². The molecule has 0 aromatic heterocycles. The molecule has 1 aromatic rings. The fourth-order valence-electron chi connectivity index (χ4n) is 2.94. The highest BCUT2D eigenvalue weighted by Gasteiger charge is 2.19. The Labute approximate surface area is 127 Å². The molecule has 1 aromatic carbocycles. The second-order valence-electron chi connectivity index (χ2n) is 5.72. The Morgan fingerprint density at radius 1 is 1.38 bits per heavy atom. The summed E-state index contributed by atoms with van der Waals surface area (Å²) >= 11 is 0. The van der Waals surface area contributed by atoms with E-state index in [1.807, 2.05) is 12.1 Å². The zero-order valence-electron chi connectivity index (χ0n) is 13.4. The molecule has 0 spiro atoms. The summed E-state index contributed by atoms with van der Waals surface area (Å²) in [4.78, 5) is 14.9. The van der Waals surface area contributed by atoms with Crippen LogP contribution in [0.2, 0.25) is 0 Å². The summed E-state index contributed by atoms with van der Waals surface area (Å²) in [6, 6.07) is 6.11. The van der Waals surface area contributed by atoms with E-state index in [0.29, 0.717) is 0 Å². The van der Waals surface area contributed by atoms with E-state index in [2.05, 4.69) is 42.4 Å². The second kappa shape index (κ2) is 7.46. The molecule has 1 aliphatic heterocycles. The summed E-state index contributed by atoms with van der Waals surface area (Å²) in [6.07, 6.45) is 2.07. The van der Waals surface area contributed by atoms with Crippen LogP contribution >= 0.6 is 0 Å². The molecule has 1 heterocycles. The molecule has 4 heteroatoms. The van der Waals surface area contributed by atoms with Crippen LogP contribution in [-0.4, -0.2) is 43.0 Å². The molecule has 4 nitrogen and oxygen atoms in total. The molecule has 21 heavy (non-hydrogen) atoms. The summed E-state index contributed by atoms with van der Waals surface area (Å²) in [5, 5.41) is 6.51. The topological polar surface area (TPSA) is 44.4 Å². The van der Waals surface area contributed by atoms with Gasteiger partial charge in [0.1, 0.15) is 0 Å². The highest BCUT2D eigenvalue weighted by atomic mass is 16.1. The van der Waals surface area contributed by atoms with Crippen LogP contribution < -0.4 is 10.6 Å². The molecular weight excluding hydrogens is 262 g/mol. The number of hydrogen-bond acceptors (Lipinski definition) is 3. The lowest BCUT2D eigenvalue weighted by molar-refractivity contribution is 0.0929. The van der Waals surface area contributed by atoms with Crippen molar-refractivity contribution in [1.29, 1.82) is 0 Å². The summed E-state index contributed by atoms with van der Waals surface area (Å²) in [5.41, 5.74) is 3.10. The molecule has 0 aliphatic carbocycles. The van der Waals surface area contributed by atoms with Gasteiger partial charge in [-0.15, -0.1) is 0 Å². The van der Waals surface area contributed by atoms with Gasteiger partial charge in [0.05, 0.1) is 0 Å². The smallest absolute Gasteiger partial charge is 0.251 e. The lowest BCUT2D eigenvalue weighted by atomic mass is 9.97. The van der Waals surface area contributed by atoms with Gasteiger partial charge in [0, 0.05) is 30.4 Å². The third-order valence-electron chi connectivity index (χ3n) is 4.14. The Hall–Kier alpha value is -1.55. The number of fused-ring (bicyclic) bond motifs is 1. The Kier molecular flexibility index (Phi) is 5.62. The number of amides is 1. The number of hydrogen-bond donors (Lipinski definition) is 2. The number of likely N-dealkylation sites (N-methyl/N-ethyl adjacent to an activating group) is 1. The monoisotopic (exact) mass is 289 g/mol. The van der Waals surface area contributed by atoms with Crippen molar-refractivity contribution in [3.05, 3.63) is 29.3 Å². The van der Waals surface area contributed by atoms with Gasteiger partial charge in [-0.1, -0.05) is 19.9 Å². The number of carbonyl (C=O) groups is 1. The molecule has 0 bridgehead atoms. The van der Waals surface area contributed by atoms with Gasteiger partial charge in [0.15, 0.2) is 0 Å². The molecule has 0 saturated heterocycles. The van der Waals surface area contributed by atoms with E-state index in [1.165, 1.54) is 0 Å². The van der Waals surface area contributed by atoms with Crippen molar-refractivity contribution in [2.45, 2.75) is 39.7 Å². The SMILES string of the molecule is CCN(CC)CC(C)NC(=O)c1cccc2c1CCCN2. The number of nitrogens with one attached hydrogen (secondary N) is 2. The maximum absolute atomic E-state index is 12.5. The minimum Gasteiger partial charge on any atom is -0.385 e. The molecule has 1 amide bonds. The molecule has 0 radical (unpaired) electrons. The van der Waals surface area contributed by atoms with Crippen molar-refractivity contribution in [3.63, 3.8) is 0 Å². The summed E-state index contributed by atoms with van der Waals surface area (Å²) in [6.45, 7) is 10.3. The average Bonchev–Trinajstić information content (AvgIpc) is 2.51. The Balaban J connectivity index is 2.03. The minimum absolute atomic E-state index is 0.0511. The van der Waals surface area contributed by atoms with Crippen molar-refractivity contribution >= 4 is 11.6 Å². The first-order valence-corrected chi connectivity index (χ1v) is 8.04. The zero-order chi connectivity index (χ0) is 15.2. The molecular formula is C17H27N3O. The number of carbonyl (C=O) groups excluding carboxylic acids is 1. The highest BCUT2D eigenvalue weighted by molar-refractivity contribution is 5.97. The van der Waals surface area contributed by atoms with Crippen molar-refractivity contribution in [3.8, 4) is 0 Å². The first-order valence-electron chi connectivity index (χ1n) is 8.04. The summed E-state index contributed by atoms with van der Waals surface area (Å²) < 4.78 is 0. The third-order valence-corrected chi connectivity index (χ3v) is 4.14. The van der Waals surface area contributed by atoms with Gasteiger partial charge in [-0.3, -0.25) is 4.79 Å². The van der Waals surface area contributed by atoms with Crippen LogP contribution in [0.5, 0.6) is 0 Å². The number of anilines is 1. The number of nitrogens with zero attached hydrogens (tertiary/aromatic N) is 1. The fraction of sp³-hybridized carbons (Fsp3) is 0.588. The summed E-state index contributed by atoms with van der Waals surface area (Å²) in [5.74, 6) is 0.0511. The maximum Gasteiger partial charge on any atom is 0.251 e. The van der Waals surface area contributed by atoms with Crippen molar-refractivity contribution in [2.75, 3.05) is 31.5 Å². The van der Waals surface area contributed by atoms with Gasteiger partial charge in [0.25, 0.3) is 5.91 Å². The Bertz CT molecular complexity index is 483. The summed E-state index contributed by atoms with van der Waals surface area (Å²) in [7, 11) is 0. The van der Waals surface area contributed by atoms with Gasteiger partial charge < -0.3 is 15.5 Å². The first kappa shape index (κ1) is 15.8.